The Balaban J connectivity index is 1.48. The molecule has 2 heterocycles. The van der Waals surface area contributed by atoms with Crippen molar-refractivity contribution in [2.24, 2.45) is 0 Å². The number of aryl methyl sites for hydroxylation is 1. The van der Waals surface area contributed by atoms with E-state index in [0.717, 1.165) is 5.56 Å². The highest BCUT2D eigenvalue weighted by Gasteiger charge is 2.24. The lowest BCUT2D eigenvalue weighted by molar-refractivity contribution is -0.132. The Labute approximate surface area is 152 Å². The minimum atomic E-state index is -0.0286. The molecule has 0 unspecified atom stereocenters. The molecule has 25 heavy (non-hydrogen) atoms. The van der Waals surface area contributed by atoms with E-state index in [1.807, 2.05) is 29.2 Å². The lowest BCUT2D eigenvalue weighted by atomic mass is 10.1. The molecule has 1 aliphatic heterocycles. The molecule has 1 saturated heterocycles. The van der Waals surface area contributed by atoms with Crippen molar-refractivity contribution in [1.29, 1.82) is 0 Å². The number of benzene rings is 1. The molecule has 130 valence electrons. The molecule has 0 spiro atoms. The quantitative estimate of drug-likeness (QED) is 0.845. The van der Waals surface area contributed by atoms with Crippen LogP contribution >= 0.6 is 11.6 Å². The molecule has 0 aliphatic carbocycles. The molecule has 0 radical (unpaired) electrons. The topological polar surface area (TPSA) is 53.5 Å². The summed E-state index contributed by atoms with van der Waals surface area (Å²) in [6, 6.07) is 11.1. The van der Waals surface area contributed by atoms with E-state index in [9.17, 15) is 9.59 Å². The standard InChI is InChI=1S/C19H20ClN3O2/c20-17-5-1-3-15(13-17)6-7-18(24)22-9-11-23(12-10-22)19(25)16-4-2-8-21-14-16/h1-5,8,13-14H,6-7,9-12H2. The van der Waals surface area contributed by atoms with Crippen LogP contribution in [0.3, 0.4) is 0 Å². The van der Waals surface area contributed by atoms with Crippen LogP contribution in [0.1, 0.15) is 22.3 Å². The van der Waals surface area contributed by atoms with Gasteiger partial charge in [-0.15, -0.1) is 0 Å². The maximum Gasteiger partial charge on any atom is 0.255 e. The second-order valence-electron chi connectivity index (χ2n) is 6.04. The van der Waals surface area contributed by atoms with Crippen LogP contribution in [0.2, 0.25) is 5.02 Å². The molecule has 2 aromatic rings. The van der Waals surface area contributed by atoms with E-state index in [0.29, 0.717) is 49.6 Å². The summed E-state index contributed by atoms with van der Waals surface area (Å²) in [5, 5.41) is 0.687. The van der Waals surface area contributed by atoms with Crippen molar-refractivity contribution < 1.29 is 9.59 Å². The number of rotatable bonds is 4. The summed E-state index contributed by atoms with van der Waals surface area (Å²) in [6.07, 6.45) is 4.35. The summed E-state index contributed by atoms with van der Waals surface area (Å²) in [6.45, 7) is 2.24. The van der Waals surface area contributed by atoms with Crippen molar-refractivity contribution in [3.05, 3.63) is 64.9 Å². The fourth-order valence-corrected chi connectivity index (χ4v) is 3.15. The molecule has 2 amide bonds. The first-order valence-electron chi connectivity index (χ1n) is 8.35. The van der Waals surface area contributed by atoms with Crippen molar-refractivity contribution in [2.75, 3.05) is 26.2 Å². The van der Waals surface area contributed by atoms with Gasteiger partial charge >= 0.3 is 0 Å². The summed E-state index contributed by atoms with van der Waals surface area (Å²) < 4.78 is 0. The molecular weight excluding hydrogens is 338 g/mol. The highest BCUT2D eigenvalue weighted by Crippen LogP contribution is 2.14. The number of hydrogen-bond donors (Lipinski definition) is 0. The molecular formula is C19H20ClN3O2. The predicted octanol–water partition coefficient (Wildman–Crippen LogP) is 2.65. The molecule has 0 N–H and O–H groups in total. The smallest absolute Gasteiger partial charge is 0.255 e. The Hall–Kier alpha value is -2.40. The highest BCUT2D eigenvalue weighted by atomic mass is 35.5. The maximum atomic E-state index is 12.4. The number of halogens is 1. The maximum absolute atomic E-state index is 12.4. The van der Waals surface area contributed by atoms with Gasteiger partial charge in [-0.05, 0) is 36.2 Å². The van der Waals surface area contributed by atoms with Crippen LogP contribution in [0.15, 0.2) is 48.8 Å². The number of pyridine rings is 1. The van der Waals surface area contributed by atoms with E-state index in [-0.39, 0.29) is 11.8 Å². The molecule has 1 aliphatic rings. The van der Waals surface area contributed by atoms with E-state index in [4.69, 9.17) is 11.6 Å². The molecule has 0 bridgehead atoms. The van der Waals surface area contributed by atoms with E-state index in [1.54, 1.807) is 29.4 Å². The fourth-order valence-electron chi connectivity index (χ4n) is 2.93. The first kappa shape index (κ1) is 17.4. The zero-order chi connectivity index (χ0) is 17.6. The predicted molar refractivity (Wildman–Crippen MR) is 96.5 cm³/mol. The molecule has 6 heteroatoms. The van der Waals surface area contributed by atoms with Gasteiger partial charge < -0.3 is 9.80 Å². The zero-order valence-corrected chi connectivity index (χ0v) is 14.7. The second kappa shape index (κ2) is 8.12. The number of nitrogens with zero attached hydrogens (tertiary/aromatic N) is 3. The molecule has 1 fully saturated rings. The van der Waals surface area contributed by atoms with Crippen LogP contribution in [0.25, 0.3) is 0 Å². The summed E-state index contributed by atoms with van der Waals surface area (Å²) in [5.41, 5.74) is 1.65. The Bertz CT molecular complexity index is 743. The van der Waals surface area contributed by atoms with Gasteiger partial charge in [0.05, 0.1) is 5.56 Å². The minimum Gasteiger partial charge on any atom is -0.339 e. The van der Waals surface area contributed by atoms with E-state index < -0.39 is 0 Å². The van der Waals surface area contributed by atoms with Gasteiger partial charge in [0.2, 0.25) is 5.91 Å². The van der Waals surface area contributed by atoms with Crippen molar-refractivity contribution in [1.82, 2.24) is 14.8 Å². The summed E-state index contributed by atoms with van der Waals surface area (Å²) in [7, 11) is 0. The molecule has 5 nitrogen and oxygen atoms in total. The molecule has 3 rings (SSSR count). The highest BCUT2D eigenvalue weighted by molar-refractivity contribution is 6.30. The third kappa shape index (κ3) is 4.57. The van der Waals surface area contributed by atoms with E-state index in [1.165, 1.54) is 0 Å². The number of amides is 2. The molecule has 1 aromatic carbocycles. The first-order chi connectivity index (χ1) is 12.1. The van der Waals surface area contributed by atoms with Crippen molar-refractivity contribution in [3.63, 3.8) is 0 Å². The van der Waals surface area contributed by atoms with E-state index in [2.05, 4.69) is 4.98 Å². The zero-order valence-electron chi connectivity index (χ0n) is 13.9. The number of aromatic nitrogens is 1. The average Bonchev–Trinajstić information content (AvgIpc) is 2.66. The lowest BCUT2D eigenvalue weighted by Gasteiger charge is -2.34. The molecule has 0 atom stereocenters. The van der Waals surface area contributed by atoms with Crippen molar-refractivity contribution in [2.45, 2.75) is 12.8 Å². The van der Waals surface area contributed by atoms with Gasteiger partial charge in [-0.25, -0.2) is 0 Å². The first-order valence-corrected chi connectivity index (χ1v) is 8.73. The van der Waals surface area contributed by atoms with Crippen LogP contribution in [0, 0.1) is 0 Å². The third-order valence-corrected chi connectivity index (χ3v) is 4.58. The number of carbonyl (C=O) groups excluding carboxylic acids is 2. The van der Waals surface area contributed by atoms with Gasteiger partial charge in [-0.2, -0.15) is 0 Å². The Morgan fingerprint density at radius 1 is 1.04 bits per heavy atom. The lowest BCUT2D eigenvalue weighted by Crippen LogP contribution is -2.50. The summed E-state index contributed by atoms with van der Waals surface area (Å²) in [5.74, 6) is 0.0904. The Kier molecular flexibility index (Phi) is 5.66. The van der Waals surface area contributed by atoms with Crippen LogP contribution in [-0.2, 0) is 11.2 Å². The van der Waals surface area contributed by atoms with Gasteiger partial charge in [0.1, 0.15) is 0 Å². The summed E-state index contributed by atoms with van der Waals surface area (Å²) >= 11 is 5.97. The second-order valence-corrected chi connectivity index (χ2v) is 6.48. The van der Waals surface area contributed by atoms with E-state index >= 15 is 0 Å². The average molecular weight is 358 g/mol. The van der Waals surface area contributed by atoms with Gasteiger partial charge in [0.15, 0.2) is 0 Å². The number of hydrogen-bond acceptors (Lipinski definition) is 3. The molecule has 1 aromatic heterocycles. The normalized spacial score (nSPS) is 14.4. The van der Waals surface area contributed by atoms with Crippen LogP contribution in [0.5, 0.6) is 0 Å². The monoisotopic (exact) mass is 357 g/mol. The van der Waals surface area contributed by atoms with Gasteiger partial charge in [0.25, 0.3) is 5.91 Å². The van der Waals surface area contributed by atoms with Crippen molar-refractivity contribution >= 4 is 23.4 Å². The Morgan fingerprint density at radius 3 is 2.48 bits per heavy atom. The van der Waals surface area contributed by atoms with Gasteiger partial charge in [0, 0.05) is 50.0 Å². The summed E-state index contributed by atoms with van der Waals surface area (Å²) in [4.78, 5) is 32.4. The Morgan fingerprint density at radius 2 is 1.80 bits per heavy atom. The van der Waals surface area contributed by atoms with Crippen molar-refractivity contribution in [3.8, 4) is 0 Å². The fraction of sp³-hybridized carbons (Fsp3) is 0.316. The van der Waals surface area contributed by atoms with Crippen LogP contribution in [-0.4, -0.2) is 52.8 Å². The number of carbonyl (C=O) groups is 2. The van der Waals surface area contributed by atoms with Crippen LogP contribution in [0.4, 0.5) is 0 Å². The largest absolute Gasteiger partial charge is 0.339 e. The van der Waals surface area contributed by atoms with Gasteiger partial charge in [-0.3, -0.25) is 14.6 Å². The minimum absolute atomic E-state index is 0.0286. The molecule has 0 saturated carbocycles. The van der Waals surface area contributed by atoms with Crippen LogP contribution < -0.4 is 0 Å². The number of piperazine rings is 1. The third-order valence-electron chi connectivity index (χ3n) is 4.34. The van der Waals surface area contributed by atoms with Gasteiger partial charge in [-0.1, -0.05) is 23.7 Å². The SMILES string of the molecule is O=C(CCc1cccc(Cl)c1)N1CCN(C(=O)c2cccnc2)CC1.